The molecule has 0 unspecified atom stereocenters. The smallest absolute Gasteiger partial charge is 0.341 e. The molecule has 1 N–H and O–H groups in total. The molecule has 6 nitrogen and oxygen atoms in total. The van der Waals surface area contributed by atoms with Gasteiger partial charge in [-0.15, -0.1) is 11.3 Å². The molecule has 0 spiro atoms. The summed E-state index contributed by atoms with van der Waals surface area (Å²) in [6, 6.07) is 9.64. The van der Waals surface area contributed by atoms with E-state index in [1.54, 1.807) is 11.8 Å². The Labute approximate surface area is 169 Å². The van der Waals surface area contributed by atoms with Crippen molar-refractivity contribution in [1.82, 2.24) is 4.90 Å². The van der Waals surface area contributed by atoms with Crippen molar-refractivity contribution in [2.24, 2.45) is 0 Å². The van der Waals surface area contributed by atoms with Crippen LogP contribution in [0.25, 0.3) is 0 Å². The number of carbonyl (C=O) groups excluding carboxylic acids is 3. The Hall–Kier alpha value is -2.67. The molecule has 1 aromatic carbocycles. The normalized spacial score (nSPS) is 10.4. The number of anilines is 1. The Bertz CT molecular complexity index is 846. The highest BCUT2D eigenvalue weighted by Crippen LogP contribution is 2.33. The molecule has 7 heteroatoms. The van der Waals surface area contributed by atoms with Gasteiger partial charge in [0, 0.05) is 31.3 Å². The number of aryl methyl sites for hydroxylation is 1. The summed E-state index contributed by atoms with van der Waals surface area (Å²) in [4.78, 5) is 39.2. The van der Waals surface area contributed by atoms with Crippen LogP contribution in [-0.4, -0.2) is 35.8 Å². The molecule has 2 rings (SSSR count). The monoisotopic (exact) mass is 402 g/mol. The maximum absolute atomic E-state index is 12.5. The number of benzene rings is 1. The van der Waals surface area contributed by atoms with Crippen molar-refractivity contribution in [3.8, 4) is 0 Å². The summed E-state index contributed by atoms with van der Waals surface area (Å²) >= 11 is 1.35. The minimum atomic E-state index is -0.436. The summed E-state index contributed by atoms with van der Waals surface area (Å²) in [6.07, 6.45) is 0.144. The van der Waals surface area contributed by atoms with E-state index in [1.165, 1.54) is 18.3 Å². The molecular weight excluding hydrogens is 376 g/mol. The molecule has 0 saturated carbocycles. The first-order valence-electron chi connectivity index (χ1n) is 9.19. The van der Waals surface area contributed by atoms with E-state index in [-0.39, 0.29) is 24.8 Å². The zero-order valence-electron chi connectivity index (χ0n) is 16.7. The fraction of sp³-hybridized carbons (Fsp3) is 0.381. The number of carbonyl (C=O) groups is 3. The van der Waals surface area contributed by atoms with Crippen LogP contribution in [0.2, 0.25) is 0 Å². The lowest BCUT2D eigenvalue weighted by Crippen LogP contribution is -2.31. The summed E-state index contributed by atoms with van der Waals surface area (Å²) in [6.45, 7) is 8.00. The molecule has 1 aromatic heterocycles. The van der Waals surface area contributed by atoms with Gasteiger partial charge in [0.1, 0.15) is 5.00 Å². The topological polar surface area (TPSA) is 75.7 Å². The summed E-state index contributed by atoms with van der Waals surface area (Å²) in [5.74, 6) is -0.771. The van der Waals surface area contributed by atoms with E-state index in [0.29, 0.717) is 23.7 Å². The van der Waals surface area contributed by atoms with E-state index in [2.05, 4.69) is 5.32 Å². The van der Waals surface area contributed by atoms with E-state index in [0.717, 1.165) is 16.0 Å². The summed E-state index contributed by atoms with van der Waals surface area (Å²) in [7, 11) is 0. The van der Waals surface area contributed by atoms with E-state index >= 15 is 0 Å². The Morgan fingerprint density at radius 3 is 2.43 bits per heavy atom. The summed E-state index contributed by atoms with van der Waals surface area (Å²) < 4.78 is 5.10. The van der Waals surface area contributed by atoms with Crippen molar-refractivity contribution >= 4 is 34.1 Å². The van der Waals surface area contributed by atoms with Gasteiger partial charge < -0.3 is 15.0 Å². The van der Waals surface area contributed by atoms with E-state index < -0.39 is 5.97 Å². The fourth-order valence-corrected chi connectivity index (χ4v) is 3.81. The van der Waals surface area contributed by atoms with Crippen molar-refractivity contribution in [3.05, 3.63) is 51.9 Å². The van der Waals surface area contributed by atoms with E-state index in [1.807, 2.05) is 44.2 Å². The largest absolute Gasteiger partial charge is 0.462 e. The highest BCUT2D eigenvalue weighted by molar-refractivity contribution is 7.16. The molecule has 0 aliphatic rings. The molecule has 0 fully saturated rings. The third-order valence-corrected chi connectivity index (χ3v) is 5.51. The van der Waals surface area contributed by atoms with Crippen molar-refractivity contribution in [2.75, 3.05) is 18.5 Å². The van der Waals surface area contributed by atoms with Gasteiger partial charge in [-0.2, -0.15) is 0 Å². The number of nitrogens with one attached hydrogen (secondary N) is 1. The minimum absolute atomic E-state index is 0.0910. The summed E-state index contributed by atoms with van der Waals surface area (Å²) in [5.41, 5.74) is 2.23. The van der Waals surface area contributed by atoms with Crippen molar-refractivity contribution < 1.29 is 19.1 Å². The van der Waals surface area contributed by atoms with Gasteiger partial charge in [0.05, 0.1) is 12.2 Å². The van der Waals surface area contributed by atoms with E-state index in [4.69, 9.17) is 4.74 Å². The second-order valence-corrected chi connectivity index (χ2v) is 7.66. The molecule has 0 radical (unpaired) electrons. The Morgan fingerprint density at radius 2 is 1.82 bits per heavy atom. The quantitative estimate of drug-likeness (QED) is 0.679. The minimum Gasteiger partial charge on any atom is -0.462 e. The summed E-state index contributed by atoms with van der Waals surface area (Å²) in [5, 5.41) is 3.31. The Kier molecular flexibility index (Phi) is 7.75. The number of hydrogen-bond donors (Lipinski definition) is 1. The number of ether oxygens (including phenoxy) is 1. The number of amides is 2. The molecule has 0 aliphatic carbocycles. The standard InChI is InChI=1S/C21H26N2O4S/c1-5-27-21(26)19-14(2)15(3)28-20(19)22-18(25)11-12-23(16(4)24)13-17-9-7-6-8-10-17/h6-10H,5,11-13H2,1-4H3,(H,22,25). The molecular formula is C21H26N2O4S. The maximum Gasteiger partial charge on any atom is 0.341 e. The van der Waals surface area contributed by atoms with Crippen LogP contribution in [0.3, 0.4) is 0 Å². The highest BCUT2D eigenvalue weighted by Gasteiger charge is 2.22. The lowest BCUT2D eigenvalue weighted by Gasteiger charge is -2.21. The lowest BCUT2D eigenvalue weighted by atomic mass is 10.1. The average molecular weight is 403 g/mol. The SMILES string of the molecule is CCOC(=O)c1c(NC(=O)CCN(Cc2ccccc2)C(C)=O)sc(C)c1C. The predicted octanol–water partition coefficient (Wildman–Crippen LogP) is 3.92. The van der Waals surface area contributed by atoms with Gasteiger partial charge >= 0.3 is 5.97 Å². The van der Waals surface area contributed by atoms with Crippen LogP contribution in [0.15, 0.2) is 30.3 Å². The number of thiophene rings is 1. The maximum atomic E-state index is 12.5. The molecule has 0 bridgehead atoms. The van der Waals surface area contributed by atoms with Gasteiger partial charge in [-0.05, 0) is 31.9 Å². The number of nitrogens with zero attached hydrogens (tertiary/aromatic N) is 1. The molecule has 0 saturated heterocycles. The van der Waals surface area contributed by atoms with E-state index in [9.17, 15) is 14.4 Å². The molecule has 0 atom stereocenters. The van der Waals surface area contributed by atoms with Gasteiger partial charge in [0.25, 0.3) is 0 Å². The average Bonchev–Trinajstić information content (AvgIpc) is 2.93. The first-order valence-corrected chi connectivity index (χ1v) is 10.0. The molecule has 2 aromatic rings. The first kappa shape index (κ1) is 21.6. The van der Waals surface area contributed by atoms with Crippen LogP contribution in [-0.2, 0) is 20.9 Å². The Balaban J connectivity index is 2.02. The molecule has 0 aliphatic heterocycles. The fourth-order valence-electron chi connectivity index (χ4n) is 2.74. The number of hydrogen-bond acceptors (Lipinski definition) is 5. The molecule has 1 heterocycles. The number of esters is 1. The van der Waals surface area contributed by atoms with Gasteiger partial charge in [-0.1, -0.05) is 30.3 Å². The van der Waals surface area contributed by atoms with Crippen LogP contribution in [0.5, 0.6) is 0 Å². The molecule has 28 heavy (non-hydrogen) atoms. The zero-order valence-corrected chi connectivity index (χ0v) is 17.5. The second-order valence-electron chi connectivity index (χ2n) is 6.43. The van der Waals surface area contributed by atoms with Gasteiger partial charge in [-0.25, -0.2) is 4.79 Å². The van der Waals surface area contributed by atoms with Gasteiger partial charge in [0.15, 0.2) is 0 Å². The lowest BCUT2D eigenvalue weighted by molar-refractivity contribution is -0.129. The number of rotatable bonds is 8. The highest BCUT2D eigenvalue weighted by atomic mass is 32.1. The molecule has 150 valence electrons. The van der Waals surface area contributed by atoms with Crippen LogP contribution in [0, 0.1) is 13.8 Å². The van der Waals surface area contributed by atoms with Gasteiger partial charge in [0.2, 0.25) is 11.8 Å². The van der Waals surface area contributed by atoms with Crippen LogP contribution >= 0.6 is 11.3 Å². The van der Waals surface area contributed by atoms with Crippen molar-refractivity contribution in [3.63, 3.8) is 0 Å². The van der Waals surface area contributed by atoms with Crippen molar-refractivity contribution in [2.45, 2.75) is 40.7 Å². The van der Waals surface area contributed by atoms with Crippen LogP contribution < -0.4 is 5.32 Å². The third-order valence-electron chi connectivity index (χ3n) is 4.39. The Morgan fingerprint density at radius 1 is 1.14 bits per heavy atom. The van der Waals surface area contributed by atoms with Crippen LogP contribution in [0.4, 0.5) is 5.00 Å². The second kappa shape index (κ2) is 10.0. The van der Waals surface area contributed by atoms with Crippen LogP contribution in [0.1, 0.15) is 46.6 Å². The third kappa shape index (κ3) is 5.66. The first-order chi connectivity index (χ1) is 13.3. The zero-order chi connectivity index (χ0) is 20.7. The van der Waals surface area contributed by atoms with Crippen molar-refractivity contribution in [1.29, 1.82) is 0 Å². The molecule has 2 amide bonds. The van der Waals surface area contributed by atoms with Gasteiger partial charge in [-0.3, -0.25) is 9.59 Å². The predicted molar refractivity (Wildman–Crippen MR) is 111 cm³/mol.